The molecule has 110 valence electrons. The molecule has 4 heteroatoms. The highest BCUT2D eigenvalue weighted by Gasteiger charge is 2.24. The van der Waals surface area contributed by atoms with Gasteiger partial charge in [0, 0.05) is 26.1 Å². The lowest BCUT2D eigenvalue weighted by molar-refractivity contribution is -0.134. The van der Waals surface area contributed by atoms with E-state index in [2.05, 4.69) is 35.2 Å². The van der Waals surface area contributed by atoms with E-state index in [0.29, 0.717) is 6.42 Å². The fourth-order valence-electron chi connectivity index (χ4n) is 2.74. The minimum absolute atomic E-state index is 0.0488. The largest absolute Gasteiger partial charge is 0.303 e. The van der Waals surface area contributed by atoms with Gasteiger partial charge in [-0.15, -0.1) is 0 Å². The second kappa shape index (κ2) is 7.41. The standard InChI is InChI=1S/C16H25N3O/c1-2-16(20)19(17)15-9-12-18(13-10-15)11-8-14-6-4-3-5-7-14/h3-7,15H,2,8-13,17H2,1H3. The Morgan fingerprint density at radius 1 is 1.30 bits per heavy atom. The van der Waals surface area contributed by atoms with Crippen LogP contribution in [0.4, 0.5) is 0 Å². The first kappa shape index (κ1) is 15.0. The van der Waals surface area contributed by atoms with Crippen molar-refractivity contribution >= 4 is 5.91 Å². The van der Waals surface area contributed by atoms with Crippen LogP contribution < -0.4 is 5.84 Å². The molecular weight excluding hydrogens is 250 g/mol. The van der Waals surface area contributed by atoms with Crippen LogP contribution in [0.25, 0.3) is 0 Å². The lowest BCUT2D eigenvalue weighted by Gasteiger charge is -2.36. The van der Waals surface area contributed by atoms with E-state index in [-0.39, 0.29) is 11.9 Å². The van der Waals surface area contributed by atoms with E-state index >= 15 is 0 Å². The van der Waals surface area contributed by atoms with Crippen molar-refractivity contribution in [2.45, 2.75) is 38.6 Å². The van der Waals surface area contributed by atoms with Gasteiger partial charge < -0.3 is 4.90 Å². The van der Waals surface area contributed by atoms with Crippen molar-refractivity contribution < 1.29 is 4.79 Å². The molecule has 2 N–H and O–H groups in total. The second-order valence-corrected chi connectivity index (χ2v) is 5.46. The number of hydrazine groups is 1. The SMILES string of the molecule is CCC(=O)N(N)C1CCN(CCc2ccccc2)CC1. The van der Waals surface area contributed by atoms with Crippen molar-refractivity contribution in [1.82, 2.24) is 9.91 Å². The molecule has 0 unspecified atom stereocenters. The first-order chi connectivity index (χ1) is 9.70. The highest BCUT2D eigenvalue weighted by molar-refractivity contribution is 5.75. The summed E-state index contributed by atoms with van der Waals surface area (Å²) in [4.78, 5) is 14.1. The number of rotatable bonds is 5. The molecule has 0 bridgehead atoms. The Bertz CT molecular complexity index is 413. The molecule has 0 atom stereocenters. The average molecular weight is 275 g/mol. The number of piperidine rings is 1. The van der Waals surface area contributed by atoms with Crippen molar-refractivity contribution in [3.8, 4) is 0 Å². The van der Waals surface area contributed by atoms with Crippen LogP contribution in [-0.2, 0) is 11.2 Å². The molecule has 0 spiro atoms. The average Bonchev–Trinajstić information content (AvgIpc) is 2.53. The molecule has 20 heavy (non-hydrogen) atoms. The highest BCUT2D eigenvalue weighted by atomic mass is 16.2. The van der Waals surface area contributed by atoms with Crippen molar-refractivity contribution in [2.24, 2.45) is 5.84 Å². The minimum Gasteiger partial charge on any atom is -0.303 e. The number of nitrogens with two attached hydrogens (primary N) is 1. The van der Waals surface area contributed by atoms with Crippen LogP contribution in [0, 0.1) is 0 Å². The third-order valence-corrected chi connectivity index (χ3v) is 4.10. The molecule has 1 aliphatic heterocycles. The number of hydrogen-bond donors (Lipinski definition) is 1. The normalized spacial score (nSPS) is 17.1. The Labute approximate surface area is 121 Å². The molecule has 1 aromatic carbocycles. The number of carbonyl (C=O) groups is 1. The lowest BCUT2D eigenvalue weighted by atomic mass is 10.0. The van der Waals surface area contributed by atoms with E-state index in [0.717, 1.165) is 38.9 Å². The fourth-order valence-corrected chi connectivity index (χ4v) is 2.74. The fraction of sp³-hybridized carbons (Fsp3) is 0.562. The van der Waals surface area contributed by atoms with Gasteiger partial charge in [0.25, 0.3) is 0 Å². The van der Waals surface area contributed by atoms with Gasteiger partial charge >= 0.3 is 0 Å². The van der Waals surface area contributed by atoms with Gasteiger partial charge in [0.15, 0.2) is 0 Å². The maximum absolute atomic E-state index is 11.6. The number of likely N-dealkylation sites (tertiary alicyclic amines) is 1. The van der Waals surface area contributed by atoms with Crippen LogP contribution >= 0.6 is 0 Å². The maximum atomic E-state index is 11.6. The molecule has 4 nitrogen and oxygen atoms in total. The summed E-state index contributed by atoms with van der Waals surface area (Å²) in [6.07, 6.45) is 3.55. The number of nitrogens with zero attached hydrogens (tertiary/aromatic N) is 2. The summed E-state index contributed by atoms with van der Waals surface area (Å²) in [5.74, 6) is 5.93. The molecule has 1 aromatic rings. The van der Waals surface area contributed by atoms with Crippen molar-refractivity contribution in [3.05, 3.63) is 35.9 Å². The molecule has 0 radical (unpaired) electrons. The topological polar surface area (TPSA) is 49.6 Å². The number of amides is 1. The molecule has 0 aromatic heterocycles. The Kier molecular flexibility index (Phi) is 5.56. The Morgan fingerprint density at radius 3 is 2.55 bits per heavy atom. The molecule has 1 saturated heterocycles. The third kappa shape index (κ3) is 4.05. The number of carbonyl (C=O) groups excluding carboxylic acids is 1. The smallest absolute Gasteiger partial charge is 0.236 e. The predicted molar refractivity (Wildman–Crippen MR) is 80.9 cm³/mol. The van der Waals surface area contributed by atoms with Crippen LogP contribution in [-0.4, -0.2) is 41.5 Å². The zero-order valence-corrected chi connectivity index (χ0v) is 12.3. The van der Waals surface area contributed by atoms with Gasteiger partial charge in [0.05, 0.1) is 6.04 Å². The molecule has 2 rings (SSSR count). The van der Waals surface area contributed by atoms with Crippen molar-refractivity contribution in [2.75, 3.05) is 19.6 Å². The summed E-state index contributed by atoms with van der Waals surface area (Å²) in [6.45, 7) is 5.00. The second-order valence-electron chi connectivity index (χ2n) is 5.46. The van der Waals surface area contributed by atoms with Crippen LogP contribution in [0.3, 0.4) is 0 Å². The first-order valence-electron chi connectivity index (χ1n) is 7.53. The van der Waals surface area contributed by atoms with Gasteiger partial charge in [-0.25, -0.2) is 5.84 Å². The summed E-state index contributed by atoms with van der Waals surface area (Å²) >= 11 is 0. The van der Waals surface area contributed by atoms with Crippen LogP contribution in [0.5, 0.6) is 0 Å². The molecule has 0 saturated carbocycles. The molecule has 0 aliphatic carbocycles. The van der Waals surface area contributed by atoms with E-state index in [9.17, 15) is 4.79 Å². The van der Waals surface area contributed by atoms with Gasteiger partial charge in [0.2, 0.25) is 5.91 Å². The van der Waals surface area contributed by atoms with Gasteiger partial charge in [0.1, 0.15) is 0 Å². The molecule has 1 amide bonds. The zero-order valence-electron chi connectivity index (χ0n) is 12.3. The van der Waals surface area contributed by atoms with Gasteiger partial charge in [-0.05, 0) is 24.8 Å². The molecule has 1 aliphatic rings. The lowest BCUT2D eigenvalue weighted by Crippen LogP contribution is -2.50. The first-order valence-corrected chi connectivity index (χ1v) is 7.53. The maximum Gasteiger partial charge on any atom is 0.236 e. The summed E-state index contributed by atoms with van der Waals surface area (Å²) in [6, 6.07) is 10.8. The van der Waals surface area contributed by atoms with Crippen LogP contribution in [0.2, 0.25) is 0 Å². The monoisotopic (exact) mass is 275 g/mol. The van der Waals surface area contributed by atoms with E-state index in [4.69, 9.17) is 5.84 Å². The summed E-state index contributed by atoms with van der Waals surface area (Å²) in [5, 5.41) is 1.45. The van der Waals surface area contributed by atoms with E-state index in [1.807, 2.05) is 6.92 Å². The summed E-state index contributed by atoms with van der Waals surface area (Å²) in [7, 11) is 0. The van der Waals surface area contributed by atoms with E-state index < -0.39 is 0 Å². The van der Waals surface area contributed by atoms with Gasteiger partial charge in [-0.3, -0.25) is 9.80 Å². The van der Waals surface area contributed by atoms with Crippen molar-refractivity contribution in [3.63, 3.8) is 0 Å². The predicted octanol–water partition coefficient (Wildman–Crippen LogP) is 1.81. The Balaban J connectivity index is 1.73. The van der Waals surface area contributed by atoms with Crippen LogP contribution in [0.1, 0.15) is 31.7 Å². The van der Waals surface area contributed by atoms with Gasteiger partial charge in [-0.1, -0.05) is 37.3 Å². The number of benzene rings is 1. The quantitative estimate of drug-likeness (QED) is 0.506. The Morgan fingerprint density at radius 2 is 1.95 bits per heavy atom. The highest BCUT2D eigenvalue weighted by Crippen LogP contribution is 2.15. The molecule has 1 heterocycles. The van der Waals surface area contributed by atoms with Crippen LogP contribution in [0.15, 0.2) is 30.3 Å². The summed E-state index contributed by atoms with van der Waals surface area (Å²) < 4.78 is 0. The van der Waals surface area contributed by atoms with Crippen molar-refractivity contribution in [1.29, 1.82) is 0 Å². The molecule has 1 fully saturated rings. The van der Waals surface area contributed by atoms with Gasteiger partial charge in [-0.2, -0.15) is 0 Å². The zero-order chi connectivity index (χ0) is 14.4. The van der Waals surface area contributed by atoms with E-state index in [1.54, 1.807) is 0 Å². The number of hydrogen-bond acceptors (Lipinski definition) is 3. The van der Waals surface area contributed by atoms with E-state index in [1.165, 1.54) is 10.6 Å². The molecular formula is C16H25N3O. The third-order valence-electron chi connectivity index (χ3n) is 4.10. The Hall–Kier alpha value is -1.39. The minimum atomic E-state index is 0.0488. The summed E-state index contributed by atoms with van der Waals surface area (Å²) in [5.41, 5.74) is 1.39.